The highest BCUT2D eigenvalue weighted by atomic mass is 79.9. The average Bonchev–Trinajstić information content (AvgIpc) is 2.16. The summed E-state index contributed by atoms with van der Waals surface area (Å²) in [6.45, 7) is 2.12. The van der Waals surface area contributed by atoms with Gasteiger partial charge >= 0.3 is 0 Å². The first kappa shape index (κ1) is 12.8. The molecule has 0 aromatic rings. The molecule has 0 heterocycles. The summed E-state index contributed by atoms with van der Waals surface area (Å²) < 4.78 is 0. The minimum Gasteiger partial charge on any atom is -0.0985 e. The molecular weight excluding hydrogens is 224 g/mol. The fourth-order valence-electron chi connectivity index (χ4n) is 0.969. The van der Waals surface area contributed by atoms with Crippen molar-refractivity contribution in [3.63, 3.8) is 0 Å². The van der Waals surface area contributed by atoms with Crippen LogP contribution in [-0.4, -0.2) is 5.33 Å². The van der Waals surface area contributed by atoms with Gasteiger partial charge in [-0.25, -0.2) is 0 Å². The highest BCUT2D eigenvalue weighted by molar-refractivity contribution is 9.09. The Morgan fingerprint density at radius 1 is 1.15 bits per heavy atom. The van der Waals surface area contributed by atoms with Crippen LogP contribution in [0.15, 0.2) is 12.2 Å². The maximum absolute atomic E-state index is 3.42. The lowest BCUT2D eigenvalue weighted by Crippen LogP contribution is -1.77. The van der Waals surface area contributed by atoms with Gasteiger partial charge < -0.3 is 0 Å². The molecule has 0 aromatic carbocycles. The summed E-state index contributed by atoms with van der Waals surface area (Å²) in [6, 6.07) is 0. The van der Waals surface area contributed by atoms with Crippen LogP contribution in [-0.2, 0) is 0 Å². The summed E-state index contributed by atoms with van der Waals surface area (Å²) in [6.07, 6.45) is 11.4. The van der Waals surface area contributed by atoms with E-state index >= 15 is 0 Å². The van der Waals surface area contributed by atoms with Crippen LogP contribution in [0.1, 0.15) is 45.4 Å². The van der Waals surface area contributed by atoms with E-state index in [0.717, 1.165) is 18.2 Å². The number of unbranched alkanes of at least 4 members (excludes halogenated alkanes) is 4. The van der Waals surface area contributed by atoms with Gasteiger partial charge in [0.05, 0.1) is 0 Å². The molecule has 74 valence electrons. The number of alkyl halides is 1. The molecule has 0 aliphatic carbocycles. The van der Waals surface area contributed by atoms with Crippen LogP contribution in [0.5, 0.6) is 0 Å². The van der Waals surface area contributed by atoms with Crippen molar-refractivity contribution in [3.05, 3.63) is 12.2 Å². The Kier molecular flexibility index (Phi) is 11.6. The third-order valence-corrected chi connectivity index (χ3v) is 2.29. The molecule has 0 rings (SSSR count). The van der Waals surface area contributed by atoms with Crippen LogP contribution in [0.3, 0.4) is 0 Å². The minimum absolute atomic E-state index is 1.05. The van der Waals surface area contributed by atoms with Gasteiger partial charge in [0.15, 0.2) is 0 Å². The van der Waals surface area contributed by atoms with Crippen molar-refractivity contribution < 1.29 is 0 Å². The summed E-state index contributed by atoms with van der Waals surface area (Å²) in [4.78, 5) is 0. The van der Waals surface area contributed by atoms with E-state index in [4.69, 9.17) is 0 Å². The Bertz CT molecular complexity index is 171. The quantitative estimate of drug-likeness (QED) is 0.370. The Morgan fingerprint density at radius 3 is 2.62 bits per heavy atom. The molecule has 0 bridgehead atoms. The van der Waals surface area contributed by atoms with Crippen LogP contribution in [0.2, 0.25) is 0 Å². The molecule has 0 nitrogen and oxygen atoms in total. The number of halogens is 1. The van der Waals surface area contributed by atoms with Gasteiger partial charge in [-0.2, -0.15) is 0 Å². The van der Waals surface area contributed by atoms with E-state index in [1.54, 1.807) is 0 Å². The zero-order valence-electron chi connectivity index (χ0n) is 8.48. The van der Waals surface area contributed by atoms with E-state index < -0.39 is 0 Å². The predicted octanol–water partition coefficient (Wildman–Crippen LogP) is 4.30. The molecule has 0 spiro atoms. The van der Waals surface area contributed by atoms with Gasteiger partial charge in [-0.15, -0.1) is 0 Å². The van der Waals surface area contributed by atoms with Gasteiger partial charge in [0.2, 0.25) is 0 Å². The van der Waals surface area contributed by atoms with Crippen LogP contribution >= 0.6 is 15.9 Å². The van der Waals surface area contributed by atoms with E-state index in [1.807, 2.05) is 6.08 Å². The monoisotopic (exact) mass is 242 g/mol. The van der Waals surface area contributed by atoms with E-state index in [9.17, 15) is 0 Å². The van der Waals surface area contributed by atoms with Crippen molar-refractivity contribution in [2.45, 2.75) is 45.4 Å². The van der Waals surface area contributed by atoms with Gasteiger partial charge in [-0.05, 0) is 25.3 Å². The van der Waals surface area contributed by atoms with E-state index in [2.05, 4.69) is 40.8 Å². The van der Waals surface area contributed by atoms with Crippen LogP contribution in [0.25, 0.3) is 0 Å². The van der Waals surface area contributed by atoms with Crippen LogP contribution in [0, 0.1) is 11.8 Å². The van der Waals surface area contributed by atoms with Gasteiger partial charge in [0.1, 0.15) is 0 Å². The Hall–Kier alpha value is -0.220. The summed E-state index contributed by atoms with van der Waals surface area (Å²) >= 11 is 3.42. The second-order valence-electron chi connectivity index (χ2n) is 2.98. The van der Waals surface area contributed by atoms with Gasteiger partial charge in [0.25, 0.3) is 0 Å². The number of hydrogen-bond donors (Lipinski definition) is 0. The van der Waals surface area contributed by atoms with Crippen LogP contribution in [0.4, 0.5) is 0 Å². The lowest BCUT2D eigenvalue weighted by molar-refractivity contribution is 0.685. The summed E-state index contributed by atoms with van der Waals surface area (Å²) in [7, 11) is 0. The SMILES string of the molecule is CC/C=C\C#CCCCCCCBr. The smallest absolute Gasteiger partial charge is 0.00922 e. The molecule has 0 saturated heterocycles. The summed E-state index contributed by atoms with van der Waals surface area (Å²) in [5.41, 5.74) is 0. The molecular formula is C12H19Br. The fourth-order valence-corrected chi connectivity index (χ4v) is 1.37. The maximum atomic E-state index is 3.42. The molecule has 0 radical (unpaired) electrons. The third kappa shape index (κ3) is 11.8. The second-order valence-corrected chi connectivity index (χ2v) is 3.78. The van der Waals surface area contributed by atoms with Gasteiger partial charge in [-0.1, -0.05) is 53.6 Å². The molecule has 0 aliphatic rings. The molecule has 0 aliphatic heterocycles. The molecule has 1 heteroatoms. The van der Waals surface area contributed by atoms with E-state index in [1.165, 1.54) is 25.7 Å². The molecule has 13 heavy (non-hydrogen) atoms. The first-order valence-corrected chi connectivity index (χ1v) is 6.23. The Balaban J connectivity index is 3.13. The normalized spacial score (nSPS) is 10.0. The van der Waals surface area contributed by atoms with Crippen LogP contribution < -0.4 is 0 Å². The highest BCUT2D eigenvalue weighted by Gasteiger charge is 1.85. The van der Waals surface area contributed by atoms with Crippen molar-refractivity contribution in [3.8, 4) is 11.8 Å². The molecule has 0 amide bonds. The van der Waals surface area contributed by atoms with Gasteiger partial charge in [-0.3, -0.25) is 0 Å². The zero-order chi connectivity index (χ0) is 9.78. The largest absolute Gasteiger partial charge is 0.0985 e. The lowest BCUT2D eigenvalue weighted by Gasteiger charge is -1.93. The van der Waals surface area contributed by atoms with Gasteiger partial charge in [0, 0.05) is 11.8 Å². The van der Waals surface area contributed by atoms with Crippen molar-refractivity contribution in [2.24, 2.45) is 0 Å². The Labute approximate surface area is 90.9 Å². The zero-order valence-corrected chi connectivity index (χ0v) is 10.1. The topological polar surface area (TPSA) is 0 Å². The molecule has 0 atom stereocenters. The molecule has 0 unspecified atom stereocenters. The summed E-state index contributed by atoms with van der Waals surface area (Å²) in [5.74, 6) is 6.19. The van der Waals surface area contributed by atoms with Crippen molar-refractivity contribution in [1.82, 2.24) is 0 Å². The predicted molar refractivity (Wildman–Crippen MR) is 64.1 cm³/mol. The number of rotatable bonds is 6. The lowest BCUT2D eigenvalue weighted by atomic mass is 10.2. The summed E-state index contributed by atoms with van der Waals surface area (Å²) in [5, 5.41) is 1.14. The molecule has 0 fully saturated rings. The first-order valence-electron chi connectivity index (χ1n) is 5.11. The number of allylic oxidation sites excluding steroid dienone is 2. The second kappa shape index (κ2) is 11.8. The minimum atomic E-state index is 1.05. The Morgan fingerprint density at radius 2 is 1.92 bits per heavy atom. The molecule has 0 saturated carbocycles. The standard InChI is InChI=1S/C12H19Br/c1-2-3-4-5-6-7-8-9-10-11-12-13/h3-4H,2,7-12H2,1H3/b4-3-. The first-order chi connectivity index (χ1) is 6.41. The van der Waals surface area contributed by atoms with Crippen molar-refractivity contribution >= 4 is 15.9 Å². The molecule has 0 N–H and O–H groups in total. The van der Waals surface area contributed by atoms with E-state index in [0.29, 0.717) is 0 Å². The van der Waals surface area contributed by atoms with Crippen molar-refractivity contribution in [2.75, 3.05) is 5.33 Å². The highest BCUT2D eigenvalue weighted by Crippen LogP contribution is 2.03. The third-order valence-electron chi connectivity index (χ3n) is 1.72. The van der Waals surface area contributed by atoms with E-state index in [-0.39, 0.29) is 0 Å². The number of hydrogen-bond acceptors (Lipinski definition) is 0. The van der Waals surface area contributed by atoms with Crippen molar-refractivity contribution in [1.29, 1.82) is 0 Å². The maximum Gasteiger partial charge on any atom is 0.00922 e. The average molecular weight is 243 g/mol. The fraction of sp³-hybridized carbons (Fsp3) is 0.667. The molecule has 0 aromatic heterocycles.